The molecule has 4 aliphatic rings. The Balaban J connectivity index is 1.00. The summed E-state index contributed by atoms with van der Waals surface area (Å²) in [6.45, 7) is 5.93. The van der Waals surface area contributed by atoms with Crippen molar-refractivity contribution in [3.63, 3.8) is 0 Å². The van der Waals surface area contributed by atoms with Gasteiger partial charge >= 0.3 is 23.9 Å². The number of epoxide rings is 2. The average molecular weight is 777 g/mol. The number of hydrogen-bond donors (Lipinski definition) is 0. The van der Waals surface area contributed by atoms with E-state index in [9.17, 15) is 19.2 Å². The third-order valence-electron chi connectivity index (χ3n) is 12.3. The van der Waals surface area contributed by atoms with Gasteiger partial charge in [0.2, 0.25) is 0 Å². The van der Waals surface area contributed by atoms with Crippen LogP contribution in [0.25, 0.3) is 0 Å². The Morgan fingerprint density at radius 2 is 0.545 bits per heavy atom. The van der Waals surface area contributed by atoms with Crippen molar-refractivity contribution in [1.82, 2.24) is 0 Å². The van der Waals surface area contributed by atoms with E-state index in [2.05, 4.69) is 13.8 Å². The molecule has 10 heteroatoms. The maximum atomic E-state index is 13.0. The Morgan fingerprint density at radius 3 is 0.764 bits per heavy atom. The van der Waals surface area contributed by atoms with Gasteiger partial charge < -0.3 is 28.4 Å². The van der Waals surface area contributed by atoms with Crippen molar-refractivity contribution in [3.8, 4) is 0 Å². The predicted molar refractivity (Wildman–Crippen MR) is 211 cm³/mol. The lowest BCUT2D eigenvalue weighted by Gasteiger charge is -2.26. The first-order valence-corrected chi connectivity index (χ1v) is 22.9. The Labute approximate surface area is 332 Å². The summed E-state index contributed by atoms with van der Waals surface area (Å²) in [5.41, 5.74) is 0. The zero-order valence-electron chi connectivity index (χ0n) is 34.6. The van der Waals surface area contributed by atoms with Gasteiger partial charge in [0.05, 0.1) is 74.5 Å². The first kappa shape index (κ1) is 45.5. The van der Waals surface area contributed by atoms with Gasteiger partial charge in [0.15, 0.2) is 0 Å². The Hall–Kier alpha value is -2.20. The molecule has 4 rings (SSSR count). The number of fused-ring (bicyclic) bond motifs is 2. The van der Waals surface area contributed by atoms with E-state index in [-0.39, 0.29) is 48.3 Å². The minimum absolute atomic E-state index is 0.0548. The summed E-state index contributed by atoms with van der Waals surface area (Å²) in [5, 5.41) is 0. The van der Waals surface area contributed by atoms with E-state index in [1.54, 1.807) is 0 Å². The molecule has 0 amide bonds. The number of carbonyl (C=O) groups is 4. The van der Waals surface area contributed by atoms with E-state index in [0.717, 1.165) is 57.8 Å². The van der Waals surface area contributed by atoms with Gasteiger partial charge in [-0.15, -0.1) is 0 Å². The number of hydrogen-bond acceptors (Lipinski definition) is 10. The lowest BCUT2D eigenvalue weighted by Crippen LogP contribution is -2.38. The van der Waals surface area contributed by atoms with Gasteiger partial charge in [-0.2, -0.15) is 0 Å². The van der Waals surface area contributed by atoms with Crippen LogP contribution in [0.4, 0.5) is 0 Å². The number of rotatable bonds is 32. The summed E-state index contributed by atoms with van der Waals surface area (Å²) < 4.78 is 33.9. The van der Waals surface area contributed by atoms with Gasteiger partial charge in [0, 0.05) is 0 Å². The van der Waals surface area contributed by atoms with Crippen LogP contribution >= 0.6 is 0 Å². The van der Waals surface area contributed by atoms with E-state index in [1.165, 1.54) is 89.9 Å². The van der Waals surface area contributed by atoms with Crippen LogP contribution < -0.4 is 0 Å². The molecule has 2 saturated heterocycles. The Morgan fingerprint density at radius 1 is 0.345 bits per heavy atom. The third kappa shape index (κ3) is 17.5. The van der Waals surface area contributed by atoms with Crippen molar-refractivity contribution in [2.24, 2.45) is 23.7 Å². The first-order chi connectivity index (χ1) is 26.9. The van der Waals surface area contributed by atoms with Crippen molar-refractivity contribution < 1.29 is 47.6 Å². The van der Waals surface area contributed by atoms with Crippen molar-refractivity contribution in [3.05, 3.63) is 0 Å². The van der Waals surface area contributed by atoms with Crippen molar-refractivity contribution in [1.29, 1.82) is 0 Å². The van der Waals surface area contributed by atoms with Gasteiger partial charge in [-0.1, -0.05) is 136 Å². The molecule has 2 aliphatic carbocycles. The Kier molecular flexibility index (Phi) is 22.1. The normalized spacial score (nSPS) is 26.4. The molecule has 0 aromatic carbocycles. The molecule has 4 fully saturated rings. The molecule has 0 bridgehead atoms. The second kappa shape index (κ2) is 26.7. The van der Waals surface area contributed by atoms with E-state index >= 15 is 0 Å². The predicted octanol–water partition coefficient (Wildman–Crippen LogP) is 9.76. The zero-order valence-corrected chi connectivity index (χ0v) is 34.6. The average Bonchev–Trinajstić information content (AvgIpc) is 4.12. The zero-order chi connectivity index (χ0) is 39.1. The van der Waals surface area contributed by atoms with E-state index in [1.807, 2.05) is 0 Å². The van der Waals surface area contributed by atoms with Crippen LogP contribution in [0.3, 0.4) is 0 Å². The molecular formula is C45H76O10. The molecule has 8 unspecified atom stereocenters. The third-order valence-corrected chi connectivity index (χ3v) is 12.3. The highest BCUT2D eigenvalue weighted by molar-refractivity contribution is 5.83. The number of carbonyl (C=O) groups excluding carboxylic acids is 4. The van der Waals surface area contributed by atoms with Crippen molar-refractivity contribution in [2.45, 2.75) is 212 Å². The summed E-state index contributed by atoms with van der Waals surface area (Å²) in [6, 6.07) is 0. The molecule has 0 radical (unpaired) electrons. The second-order valence-corrected chi connectivity index (χ2v) is 16.9. The lowest BCUT2D eigenvalue weighted by molar-refractivity contribution is -0.162. The molecule has 55 heavy (non-hydrogen) atoms. The molecule has 316 valence electrons. The van der Waals surface area contributed by atoms with Crippen LogP contribution in [0.1, 0.15) is 187 Å². The standard InChI is InChI=1S/C45H76O10/c1-3-5-7-9-11-13-15-18-22-26-50-42(46)34-30-38-40(54-38)32-36(34)44(48)52-28-24-20-17-21-25-29-53-45(49)37-33-41-39(55-41)31-35(37)43(47)51-27-23-19-16-14-12-10-8-6-4-2/h34-41H,3-33H2,1-2H3. The van der Waals surface area contributed by atoms with Gasteiger partial charge in [-0.3, -0.25) is 19.2 Å². The quantitative estimate of drug-likeness (QED) is 0.0282. The smallest absolute Gasteiger partial charge is 0.309 e. The number of esters is 4. The SMILES string of the molecule is CCCCCCCCCCCOC(=O)C1CC2OC2CC1C(=O)OCCCCCCCOC(=O)C1CC2OC2CC1C(=O)OCCCCCCCCCCC. The number of unbranched alkanes of at least 4 members (excludes halogenated alkanes) is 20. The van der Waals surface area contributed by atoms with E-state index < -0.39 is 23.7 Å². The molecule has 0 spiro atoms. The van der Waals surface area contributed by atoms with Crippen LogP contribution in [-0.4, -0.2) is 74.7 Å². The fourth-order valence-corrected chi connectivity index (χ4v) is 8.57. The van der Waals surface area contributed by atoms with Crippen molar-refractivity contribution in [2.75, 3.05) is 26.4 Å². The molecule has 0 aromatic rings. The molecule has 8 atom stereocenters. The summed E-state index contributed by atoms with van der Waals surface area (Å²) in [6.07, 6.45) is 28.2. The van der Waals surface area contributed by atoms with Crippen LogP contribution in [-0.2, 0) is 47.6 Å². The number of ether oxygens (including phenoxy) is 6. The summed E-state index contributed by atoms with van der Waals surface area (Å²) in [5.74, 6) is -3.20. The van der Waals surface area contributed by atoms with Gasteiger partial charge in [-0.25, -0.2) is 0 Å². The fourth-order valence-electron chi connectivity index (χ4n) is 8.57. The molecule has 0 N–H and O–H groups in total. The largest absolute Gasteiger partial charge is 0.465 e. The second-order valence-electron chi connectivity index (χ2n) is 16.9. The van der Waals surface area contributed by atoms with E-state index in [0.29, 0.717) is 52.1 Å². The summed E-state index contributed by atoms with van der Waals surface area (Å²) in [7, 11) is 0. The minimum Gasteiger partial charge on any atom is -0.465 e. The van der Waals surface area contributed by atoms with Gasteiger partial charge in [-0.05, 0) is 51.4 Å². The molecule has 2 heterocycles. The monoisotopic (exact) mass is 777 g/mol. The first-order valence-electron chi connectivity index (χ1n) is 22.9. The van der Waals surface area contributed by atoms with E-state index in [4.69, 9.17) is 28.4 Å². The van der Waals surface area contributed by atoms with Crippen molar-refractivity contribution >= 4 is 23.9 Å². The highest BCUT2D eigenvalue weighted by Crippen LogP contribution is 2.45. The topological polar surface area (TPSA) is 130 Å². The summed E-state index contributed by atoms with van der Waals surface area (Å²) in [4.78, 5) is 52.0. The van der Waals surface area contributed by atoms with Crippen LogP contribution in [0.5, 0.6) is 0 Å². The maximum absolute atomic E-state index is 13.0. The minimum atomic E-state index is -0.503. The Bertz CT molecular complexity index is 1030. The van der Waals surface area contributed by atoms with Crippen LogP contribution in [0, 0.1) is 23.7 Å². The lowest BCUT2D eigenvalue weighted by atomic mass is 9.79. The highest BCUT2D eigenvalue weighted by atomic mass is 16.6. The highest BCUT2D eigenvalue weighted by Gasteiger charge is 2.54. The van der Waals surface area contributed by atoms with Gasteiger partial charge in [0.1, 0.15) is 0 Å². The van der Waals surface area contributed by atoms with Gasteiger partial charge in [0.25, 0.3) is 0 Å². The molecule has 0 aromatic heterocycles. The molecule has 10 nitrogen and oxygen atoms in total. The summed E-state index contributed by atoms with van der Waals surface area (Å²) >= 11 is 0. The van der Waals surface area contributed by atoms with Crippen LogP contribution in [0.2, 0.25) is 0 Å². The molecule has 2 aliphatic heterocycles. The maximum Gasteiger partial charge on any atom is 0.309 e. The molecule has 2 saturated carbocycles. The fraction of sp³-hybridized carbons (Fsp3) is 0.911. The molecular weight excluding hydrogens is 700 g/mol. The van der Waals surface area contributed by atoms with Crippen LogP contribution in [0.15, 0.2) is 0 Å².